The second-order valence-electron chi connectivity index (χ2n) is 5.25. The zero-order chi connectivity index (χ0) is 17.1. The fourth-order valence-electron chi connectivity index (χ4n) is 2.28. The van der Waals surface area contributed by atoms with Crippen LogP contribution in [0.1, 0.15) is 5.56 Å². The Morgan fingerprint density at radius 1 is 1.08 bits per heavy atom. The minimum absolute atomic E-state index is 0.467. The van der Waals surface area contributed by atoms with Gasteiger partial charge in [-0.15, -0.1) is 0 Å². The van der Waals surface area contributed by atoms with Crippen molar-refractivity contribution in [2.75, 3.05) is 5.32 Å². The van der Waals surface area contributed by atoms with E-state index in [0.29, 0.717) is 18.2 Å². The summed E-state index contributed by atoms with van der Waals surface area (Å²) in [7, 11) is 0. The van der Waals surface area contributed by atoms with Crippen LogP contribution in [-0.4, -0.2) is 15.0 Å². The maximum atomic E-state index is 5.96. The first-order valence-electron chi connectivity index (χ1n) is 7.59. The summed E-state index contributed by atoms with van der Waals surface area (Å²) in [6.07, 6.45) is 3.49. The second kappa shape index (κ2) is 7.16. The van der Waals surface area contributed by atoms with Gasteiger partial charge in [-0.05, 0) is 39.7 Å². The molecule has 3 aromatic heterocycles. The van der Waals surface area contributed by atoms with Crippen molar-refractivity contribution in [1.82, 2.24) is 15.0 Å². The lowest BCUT2D eigenvalue weighted by Crippen LogP contribution is -2.01. The molecule has 0 radical (unpaired) electrons. The number of nitrogens with one attached hydrogen (secondary N) is 1. The summed E-state index contributed by atoms with van der Waals surface area (Å²) in [5.74, 6) is 1.28. The minimum Gasteiger partial charge on any atom is -0.485 e. The van der Waals surface area contributed by atoms with Crippen LogP contribution in [0.25, 0.3) is 10.3 Å². The fraction of sp³-hybridized carbons (Fsp3) is 0.0556. The van der Waals surface area contributed by atoms with E-state index in [9.17, 15) is 0 Å². The minimum atomic E-state index is 0.467. The zero-order valence-electron chi connectivity index (χ0n) is 13.0. The van der Waals surface area contributed by atoms with Crippen molar-refractivity contribution in [3.63, 3.8) is 0 Å². The fourth-order valence-corrected chi connectivity index (χ4v) is 3.40. The Morgan fingerprint density at radius 3 is 2.80 bits per heavy atom. The predicted octanol–water partition coefficient (Wildman–Crippen LogP) is 5.17. The number of hydrogen-bond acceptors (Lipinski definition) is 6. The van der Waals surface area contributed by atoms with E-state index in [4.69, 9.17) is 4.74 Å². The third-order valence-corrected chi connectivity index (χ3v) is 4.78. The van der Waals surface area contributed by atoms with E-state index in [0.717, 1.165) is 25.5 Å². The van der Waals surface area contributed by atoms with Crippen LogP contribution in [0.4, 0.5) is 10.9 Å². The van der Waals surface area contributed by atoms with Gasteiger partial charge in [0.05, 0.1) is 0 Å². The average Bonchev–Trinajstić information content (AvgIpc) is 3.05. The van der Waals surface area contributed by atoms with E-state index >= 15 is 0 Å². The Hall–Kier alpha value is -2.51. The number of hydrogen-bond donors (Lipinski definition) is 1. The van der Waals surface area contributed by atoms with E-state index in [2.05, 4.69) is 36.2 Å². The standard InChI is InChI=1S/C18H13BrN4OS/c19-13-9-15(24-11-12-5-2-1-3-6-12)16(21-10-13)23-18-22-14-7-4-8-20-17(14)25-18/h1-10H,11H2,(H,21,22,23). The van der Waals surface area contributed by atoms with Crippen molar-refractivity contribution in [2.45, 2.75) is 6.61 Å². The van der Waals surface area contributed by atoms with Gasteiger partial charge >= 0.3 is 0 Å². The Bertz CT molecular complexity index is 973. The maximum absolute atomic E-state index is 5.96. The van der Waals surface area contributed by atoms with Crippen LogP contribution in [-0.2, 0) is 6.61 Å². The molecule has 3 heterocycles. The number of benzene rings is 1. The lowest BCUT2D eigenvalue weighted by Gasteiger charge is -2.11. The smallest absolute Gasteiger partial charge is 0.191 e. The van der Waals surface area contributed by atoms with E-state index < -0.39 is 0 Å². The van der Waals surface area contributed by atoms with Gasteiger partial charge in [0.15, 0.2) is 16.7 Å². The monoisotopic (exact) mass is 412 g/mol. The van der Waals surface area contributed by atoms with Gasteiger partial charge in [-0.2, -0.15) is 0 Å². The number of pyridine rings is 2. The first kappa shape index (κ1) is 16.0. The van der Waals surface area contributed by atoms with E-state index in [1.165, 1.54) is 11.3 Å². The molecule has 0 fully saturated rings. The number of nitrogens with zero attached hydrogens (tertiary/aromatic N) is 3. The molecule has 0 aliphatic heterocycles. The second-order valence-corrected chi connectivity index (χ2v) is 7.14. The molecule has 4 rings (SSSR count). The van der Waals surface area contributed by atoms with Gasteiger partial charge in [0.1, 0.15) is 17.0 Å². The van der Waals surface area contributed by atoms with Crippen molar-refractivity contribution >= 4 is 48.6 Å². The normalized spacial score (nSPS) is 10.8. The first-order chi connectivity index (χ1) is 12.3. The molecule has 1 aromatic carbocycles. The first-order valence-corrected chi connectivity index (χ1v) is 9.20. The van der Waals surface area contributed by atoms with Crippen LogP contribution in [0.15, 0.2) is 65.4 Å². The lowest BCUT2D eigenvalue weighted by molar-refractivity contribution is 0.306. The number of anilines is 2. The van der Waals surface area contributed by atoms with Gasteiger partial charge in [0.2, 0.25) is 0 Å². The average molecular weight is 413 g/mol. The summed E-state index contributed by atoms with van der Waals surface area (Å²) in [4.78, 5) is 14.1. The summed E-state index contributed by atoms with van der Waals surface area (Å²) in [5, 5.41) is 3.97. The molecule has 0 saturated heterocycles. The number of ether oxygens (including phenoxy) is 1. The van der Waals surface area contributed by atoms with Gasteiger partial charge in [-0.1, -0.05) is 41.7 Å². The van der Waals surface area contributed by atoms with Gasteiger partial charge in [0, 0.05) is 16.9 Å². The van der Waals surface area contributed by atoms with Crippen LogP contribution < -0.4 is 10.1 Å². The Labute approximate surface area is 156 Å². The van der Waals surface area contributed by atoms with Crippen molar-refractivity contribution in [1.29, 1.82) is 0 Å². The molecule has 7 heteroatoms. The quantitative estimate of drug-likeness (QED) is 0.489. The predicted molar refractivity (Wildman–Crippen MR) is 103 cm³/mol. The van der Waals surface area contributed by atoms with Gasteiger partial charge in [-0.25, -0.2) is 15.0 Å². The number of thiazole rings is 1. The molecular weight excluding hydrogens is 400 g/mol. The van der Waals surface area contributed by atoms with E-state index in [1.807, 2.05) is 48.5 Å². The van der Waals surface area contributed by atoms with Gasteiger partial charge in [-0.3, -0.25) is 0 Å². The van der Waals surface area contributed by atoms with E-state index in [-0.39, 0.29) is 0 Å². The summed E-state index contributed by atoms with van der Waals surface area (Å²) >= 11 is 4.92. The number of fused-ring (bicyclic) bond motifs is 1. The van der Waals surface area contributed by atoms with Crippen molar-refractivity contribution in [3.8, 4) is 5.75 Å². The highest BCUT2D eigenvalue weighted by atomic mass is 79.9. The Morgan fingerprint density at radius 2 is 1.96 bits per heavy atom. The van der Waals surface area contributed by atoms with Crippen LogP contribution in [0, 0.1) is 0 Å². The third-order valence-electron chi connectivity index (χ3n) is 3.45. The highest BCUT2D eigenvalue weighted by Crippen LogP contribution is 2.32. The Balaban J connectivity index is 1.58. The number of rotatable bonds is 5. The van der Waals surface area contributed by atoms with Crippen LogP contribution in [0.5, 0.6) is 5.75 Å². The summed E-state index contributed by atoms with van der Waals surface area (Å²) < 4.78 is 6.81. The maximum Gasteiger partial charge on any atom is 0.191 e. The highest BCUT2D eigenvalue weighted by molar-refractivity contribution is 9.10. The molecule has 0 aliphatic rings. The van der Waals surface area contributed by atoms with Crippen molar-refractivity contribution in [3.05, 3.63) is 71.0 Å². The third kappa shape index (κ3) is 3.78. The topological polar surface area (TPSA) is 59.9 Å². The van der Waals surface area contributed by atoms with Crippen molar-refractivity contribution < 1.29 is 4.74 Å². The van der Waals surface area contributed by atoms with E-state index in [1.54, 1.807) is 12.4 Å². The van der Waals surface area contributed by atoms with Crippen molar-refractivity contribution in [2.24, 2.45) is 0 Å². The number of aromatic nitrogens is 3. The molecule has 0 unspecified atom stereocenters. The summed E-state index contributed by atoms with van der Waals surface area (Å²) in [6.45, 7) is 0.467. The molecule has 25 heavy (non-hydrogen) atoms. The molecule has 0 aliphatic carbocycles. The SMILES string of the molecule is Brc1cnc(Nc2nc3cccnc3s2)c(OCc2ccccc2)c1. The molecule has 0 spiro atoms. The molecule has 124 valence electrons. The van der Waals surface area contributed by atoms with Crippen LogP contribution in [0.3, 0.4) is 0 Å². The van der Waals surface area contributed by atoms with Gasteiger partial charge < -0.3 is 10.1 Å². The molecular formula is C18H13BrN4OS. The lowest BCUT2D eigenvalue weighted by atomic mass is 10.2. The number of halogens is 1. The summed E-state index contributed by atoms with van der Waals surface area (Å²) in [5.41, 5.74) is 1.96. The molecule has 0 bridgehead atoms. The molecule has 0 amide bonds. The highest BCUT2D eigenvalue weighted by Gasteiger charge is 2.11. The molecule has 5 nitrogen and oxygen atoms in total. The molecule has 4 aromatic rings. The molecule has 1 N–H and O–H groups in total. The molecule has 0 saturated carbocycles. The Kier molecular flexibility index (Phi) is 4.58. The molecule has 0 atom stereocenters. The van der Waals surface area contributed by atoms with Gasteiger partial charge in [0.25, 0.3) is 0 Å². The summed E-state index contributed by atoms with van der Waals surface area (Å²) in [6, 6.07) is 15.7. The van der Waals surface area contributed by atoms with Crippen LogP contribution in [0.2, 0.25) is 0 Å². The van der Waals surface area contributed by atoms with Crippen LogP contribution >= 0.6 is 27.3 Å². The zero-order valence-corrected chi connectivity index (χ0v) is 15.4. The largest absolute Gasteiger partial charge is 0.485 e.